The maximum Gasteiger partial charge on any atom is 0.410 e. The van der Waals surface area contributed by atoms with Gasteiger partial charge in [0.25, 0.3) is 5.91 Å². The van der Waals surface area contributed by atoms with Gasteiger partial charge >= 0.3 is 6.09 Å². The minimum absolute atomic E-state index is 0.0119. The molecular weight excluding hydrogens is 520 g/mol. The van der Waals surface area contributed by atoms with E-state index in [1.807, 2.05) is 30.3 Å². The molecule has 0 spiro atoms. The van der Waals surface area contributed by atoms with Crippen molar-refractivity contribution in [3.63, 3.8) is 0 Å². The number of sulfonamides is 1. The lowest BCUT2D eigenvalue weighted by Gasteiger charge is -2.39. The summed E-state index contributed by atoms with van der Waals surface area (Å²) >= 11 is 0. The van der Waals surface area contributed by atoms with Crippen LogP contribution in [0.1, 0.15) is 79.1 Å². The lowest BCUT2D eigenvalue weighted by atomic mass is 9.99. The molecule has 0 radical (unpaired) electrons. The lowest BCUT2D eigenvalue weighted by molar-refractivity contribution is 0.0838. The van der Waals surface area contributed by atoms with Gasteiger partial charge in [-0.15, -0.1) is 0 Å². The van der Waals surface area contributed by atoms with E-state index in [2.05, 4.69) is 10.5 Å². The minimum Gasteiger partial charge on any atom is -0.445 e. The van der Waals surface area contributed by atoms with Crippen molar-refractivity contribution < 1.29 is 27.3 Å². The Bertz CT molecular complexity index is 1270. The van der Waals surface area contributed by atoms with E-state index < -0.39 is 10.0 Å². The summed E-state index contributed by atoms with van der Waals surface area (Å²) in [6.07, 6.45) is 5.94. The molecule has 2 amide bonds. The average Bonchev–Trinajstić information content (AvgIpc) is 3.58. The Balaban J connectivity index is 0.978. The monoisotopic (exact) mass is 556 g/mol. The number of fused-ring (bicyclic) bond motifs is 2. The van der Waals surface area contributed by atoms with E-state index in [9.17, 15) is 18.0 Å². The summed E-state index contributed by atoms with van der Waals surface area (Å²) in [6, 6.07) is 11.0. The highest BCUT2D eigenvalue weighted by Gasteiger charge is 2.47. The van der Waals surface area contributed by atoms with Crippen molar-refractivity contribution in [1.29, 1.82) is 0 Å². The van der Waals surface area contributed by atoms with Crippen LogP contribution in [0.25, 0.3) is 0 Å². The summed E-state index contributed by atoms with van der Waals surface area (Å²) in [5.41, 5.74) is 1.24. The number of piperidine rings is 2. The number of ether oxygens (including phenoxy) is 1. The highest BCUT2D eigenvalue weighted by Crippen LogP contribution is 2.41. The summed E-state index contributed by atoms with van der Waals surface area (Å²) < 4.78 is 39.5. The van der Waals surface area contributed by atoms with E-state index in [1.54, 1.807) is 15.3 Å². The van der Waals surface area contributed by atoms with Crippen molar-refractivity contribution in [1.82, 2.24) is 19.7 Å². The average molecular weight is 557 g/mol. The van der Waals surface area contributed by atoms with Crippen LogP contribution in [0.4, 0.5) is 4.79 Å². The summed E-state index contributed by atoms with van der Waals surface area (Å²) in [5, 5.41) is 7.00. The number of nitrogens with one attached hydrogen (secondary N) is 1. The number of aromatic nitrogens is 1. The van der Waals surface area contributed by atoms with Gasteiger partial charge in [0.05, 0.1) is 5.75 Å². The standard InChI is InChI=1S/C28H36N4O6S/c33-27(25-16-26(38-30-25)21-6-7-21)29-22-14-23-8-9-24(15-22)32(23)39(35,36)18-20-10-12-31(13-11-20)28(34)37-17-19-4-2-1-3-5-19/h1-5,16,20-24H,6-15,17-18H2,(H,29,33)/t22?,23-,24+. The molecule has 39 heavy (non-hydrogen) atoms. The Morgan fingerprint density at radius 2 is 1.69 bits per heavy atom. The molecule has 4 heterocycles. The Hall–Kier alpha value is -2.92. The Morgan fingerprint density at radius 1 is 1.00 bits per heavy atom. The molecular formula is C28H36N4O6S. The molecule has 3 atom stereocenters. The molecule has 4 fully saturated rings. The smallest absolute Gasteiger partial charge is 0.410 e. The van der Waals surface area contributed by atoms with Gasteiger partial charge in [0.1, 0.15) is 12.4 Å². The van der Waals surface area contributed by atoms with Crippen LogP contribution in [0, 0.1) is 5.92 Å². The second-order valence-electron chi connectivity index (χ2n) is 11.5. The first kappa shape index (κ1) is 26.3. The van der Waals surface area contributed by atoms with Crippen molar-refractivity contribution in [3.8, 4) is 0 Å². The van der Waals surface area contributed by atoms with Crippen LogP contribution in [0.15, 0.2) is 40.9 Å². The van der Waals surface area contributed by atoms with Gasteiger partial charge in [-0.1, -0.05) is 35.5 Å². The first-order chi connectivity index (χ1) is 18.9. The predicted molar refractivity (Wildman–Crippen MR) is 142 cm³/mol. The molecule has 1 saturated carbocycles. The molecule has 1 aromatic heterocycles. The quantitative estimate of drug-likeness (QED) is 0.527. The summed E-state index contributed by atoms with van der Waals surface area (Å²) in [6.45, 7) is 1.23. The maximum absolute atomic E-state index is 13.5. The van der Waals surface area contributed by atoms with Crippen molar-refractivity contribution in [3.05, 3.63) is 53.4 Å². The Kier molecular flexibility index (Phi) is 7.37. The maximum atomic E-state index is 13.5. The van der Waals surface area contributed by atoms with E-state index in [0.29, 0.717) is 50.4 Å². The zero-order valence-corrected chi connectivity index (χ0v) is 22.9. The summed E-state index contributed by atoms with van der Waals surface area (Å²) in [4.78, 5) is 26.9. The van der Waals surface area contributed by atoms with Crippen molar-refractivity contribution in [2.24, 2.45) is 5.92 Å². The topological polar surface area (TPSA) is 122 Å². The molecule has 3 saturated heterocycles. The molecule has 10 nitrogen and oxygen atoms in total. The van der Waals surface area contributed by atoms with Gasteiger partial charge in [-0.3, -0.25) is 4.79 Å². The van der Waals surface area contributed by atoms with Gasteiger partial charge in [0.2, 0.25) is 10.0 Å². The molecule has 1 unspecified atom stereocenters. The van der Waals surface area contributed by atoms with Gasteiger partial charge < -0.3 is 19.5 Å². The fraction of sp³-hybridized carbons (Fsp3) is 0.607. The van der Waals surface area contributed by atoms with E-state index in [1.165, 1.54) is 0 Å². The van der Waals surface area contributed by atoms with Gasteiger partial charge in [0, 0.05) is 43.2 Å². The van der Waals surface area contributed by atoms with Gasteiger partial charge in [-0.2, -0.15) is 4.31 Å². The number of likely N-dealkylation sites (tertiary alicyclic amines) is 1. The fourth-order valence-electron chi connectivity index (χ4n) is 6.40. The first-order valence-corrected chi connectivity index (χ1v) is 15.7. The number of carbonyl (C=O) groups is 2. The minimum atomic E-state index is -3.45. The molecule has 2 aromatic rings. The third kappa shape index (κ3) is 5.99. The van der Waals surface area contributed by atoms with Gasteiger partial charge in [-0.25, -0.2) is 13.2 Å². The Labute approximate surface area is 229 Å². The van der Waals surface area contributed by atoms with Crippen LogP contribution in [0.2, 0.25) is 0 Å². The normalized spacial score (nSPS) is 25.9. The number of carbonyl (C=O) groups excluding carboxylic acids is 2. The SMILES string of the molecule is O=C(NC1C[C@H]2CC[C@@H](C1)N2S(=O)(=O)CC1CCN(C(=O)OCc2ccccc2)CC1)c1cc(C2CC2)on1. The van der Waals surface area contributed by atoms with E-state index in [4.69, 9.17) is 9.26 Å². The van der Waals surface area contributed by atoms with Crippen LogP contribution >= 0.6 is 0 Å². The predicted octanol–water partition coefficient (Wildman–Crippen LogP) is 3.66. The van der Waals surface area contributed by atoms with Crippen LogP contribution in [0.3, 0.4) is 0 Å². The molecule has 11 heteroatoms. The second-order valence-corrected chi connectivity index (χ2v) is 13.4. The highest BCUT2D eigenvalue weighted by molar-refractivity contribution is 7.89. The summed E-state index contributed by atoms with van der Waals surface area (Å²) in [5.74, 6) is 1.03. The second kappa shape index (κ2) is 10.9. The number of amides is 2. The Morgan fingerprint density at radius 3 is 2.36 bits per heavy atom. The van der Waals surface area contributed by atoms with Crippen molar-refractivity contribution >= 4 is 22.0 Å². The zero-order valence-electron chi connectivity index (χ0n) is 22.0. The molecule has 1 N–H and O–H groups in total. The third-order valence-corrected chi connectivity index (χ3v) is 10.7. The van der Waals surface area contributed by atoms with Crippen LogP contribution < -0.4 is 5.32 Å². The molecule has 2 bridgehead atoms. The van der Waals surface area contributed by atoms with Crippen LogP contribution in [-0.4, -0.2) is 71.7 Å². The summed E-state index contributed by atoms with van der Waals surface area (Å²) in [7, 11) is -3.45. The lowest BCUT2D eigenvalue weighted by Crippen LogP contribution is -2.53. The molecule has 210 valence electrons. The van der Waals surface area contributed by atoms with Crippen molar-refractivity contribution in [2.75, 3.05) is 18.8 Å². The molecule has 1 aliphatic carbocycles. The number of benzene rings is 1. The van der Waals surface area contributed by atoms with E-state index >= 15 is 0 Å². The third-order valence-electron chi connectivity index (χ3n) is 8.59. The first-order valence-electron chi connectivity index (χ1n) is 14.1. The largest absolute Gasteiger partial charge is 0.445 e. The highest BCUT2D eigenvalue weighted by atomic mass is 32.2. The molecule has 1 aromatic carbocycles. The van der Waals surface area contributed by atoms with E-state index in [0.717, 1.165) is 37.0 Å². The molecule has 4 aliphatic rings. The van der Waals surface area contributed by atoms with E-state index in [-0.39, 0.29) is 48.4 Å². The zero-order chi connectivity index (χ0) is 27.0. The number of nitrogens with zero attached hydrogens (tertiary/aromatic N) is 3. The number of rotatable bonds is 8. The molecule has 6 rings (SSSR count). The number of hydrogen-bond acceptors (Lipinski definition) is 7. The van der Waals surface area contributed by atoms with Crippen LogP contribution in [0.5, 0.6) is 0 Å². The van der Waals surface area contributed by atoms with Gasteiger partial charge in [0.15, 0.2) is 5.69 Å². The molecule has 3 aliphatic heterocycles. The number of hydrogen-bond donors (Lipinski definition) is 1. The van der Waals surface area contributed by atoms with Crippen LogP contribution in [-0.2, 0) is 21.4 Å². The van der Waals surface area contributed by atoms with Gasteiger partial charge in [-0.05, 0) is 62.8 Å². The fourth-order valence-corrected chi connectivity index (χ4v) is 8.79. The van der Waals surface area contributed by atoms with Crippen molar-refractivity contribution in [2.45, 2.75) is 82.0 Å².